The lowest BCUT2D eigenvalue weighted by molar-refractivity contribution is 0.218. The van der Waals surface area contributed by atoms with Gasteiger partial charge >= 0.3 is 0 Å². The Morgan fingerprint density at radius 3 is 2.82 bits per heavy atom. The van der Waals surface area contributed by atoms with Gasteiger partial charge in [-0.3, -0.25) is 9.67 Å². The van der Waals surface area contributed by atoms with Gasteiger partial charge in [-0.05, 0) is 51.5 Å². The number of nitrogens with zero attached hydrogens (tertiary/aromatic N) is 3. The molecule has 2 aromatic rings. The molecule has 1 N–H and O–H groups in total. The molecular weight excluding hydrogens is 397 g/mol. The lowest BCUT2D eigenvalue weighted by Gasteiger charge is -2.11. The summed E-state index contributed by atoms with van der Waals surface area (Å²) in [7, 11) is 0. The Labute approximate surface area is 121 Å². The van der Waals surface area contributed by atoms with E-state index in [1.165, 1.54) is 0 Å². The van der Waals surface area contributed by atoms with Gasteiger partial charge in [-0.25, -0.2) is 0 Å². The summed E-state index contributed by atoms with van der Waals surface area (Å²) in [4.78, 5) is 4.01. The molecule has 0 bridgehead atoms. The Balaban J connectivity index is 2.40. The number of aliphatic hydroxyl groups excluding tert-OH is 1. The Morgan fingerprint density at radius 2 is 2.24 bits per heavy atom. The molecule has 0 radical (unpaired) electrons. The SMILES string of the molecule is CCn1ncc(C(O)c2ccncc2I)c1Br. The first-order valence-corrected chi connectivity index (χ1v) is 7.01. The quantitative estimate of drug-likeness (QED) is 0.796. The maximum atomic E-state index is 10.3. The molecule has 0 aliphatic rings. The fourth-order valence-electron chi connectivity index (χ4n) is 1.56. The monoisotopic (exact) mass is 407 g/mol. The van der Waals surface area contributed by atoms with Crippen LogP contribution in [0.1, 0.15) is 24.2 Å². The molecule has 1 atom stereocenters. The zero-order valence-corrected chi connectivity index (χ0v) is 12.9. The van der Waals surface area contributed by atoms with Gasteiger partial charge in [-0.2, -0.15) is 5.10 Å². The van der Waals surface area contributed by atoms with Gasteiger partial charge in [0.15, 0.2) is 0 Å². The zero-order valence-electron chi connectivity index (χ0n) is 9.14. The molecule has 90 valence electrons. The second kappa shape index (κ2) is 5.45. The van der Waals surface area contributed by atoms with Gasteiger partial charge in [-0.1, -0.05) is 0 Å². The third kappa shape index (κ3) is 2.53. The molecule has 2 heterocycles. The fourth-order valence-corrected chi connectivity index (χ4v) is 2.86. The summed E-state index contributed by atoms with van der Waals surface area (Å²) in [5.41, 5.74) is 1.62. The van der Waals surface area contributed by atoms with Crippen LogP contribution < -0.4 is 0 Å². The summed E-state index contributed by atoms with van der Waals surface area (Å²) in [5, 5.41) is 14.5. The van der Waals surface area contributed by atoms with Crippen LogP contribution in [0, 0.1) is 3.57 Å². The lowest BCUT2D eigenvalue weighted by atomic mass is 10.1. The summed E-state index contributed by atoms with van der Waals surface area (Å²) in [5.74, 6) is 0. The van der Waals surface area contributed by atoms with E-state index in [0.29, 0.717) is 0 Å². The molecule has 0 aliphatic carbocycles. The van der Waals surface area contributed by atoms with Crippen LogP contribution in [0.4, 0.5) is 0 Å². The van der Waals surface area contributed by atoms with Gasteiger partial charge in [0.25, 0.3) is 0 Å². The van der Waals surface area contributed by atoms with E-state index in [1.807, 2.05) is 13.0 Å². The third-order valence-corrected chi connectivity index (χ3v) is 4.26. The van der Waals surface area contributed by atoms with Gasteiger partial charge in [0.1, 0.15) is 10.7 Å². The van der Waals surface area contributed by atoms with E-state index in [-0.39, 0.29) is 0 Å². The molecule has 0 saturated heterocycles. The third-order valence-electron chi connectivity index (χ3n) is 2.49. The standard InChI is InChI=1S/C11H11BrIN3O/c1-2-16-11(12)8(5-15-16)10(17)7-3-4-14-6-9(7)13/h3-6,10,17H,2H2,1H3. The van der Waals surface area contributed by atoms with Crippen LogP contribution in [0.3, 0.4) is 0 Å². The minimum atomic E-state index is -0.681. The maximum absolute atomic E-state index is 10.3. The van der Waals surface area contributed by atoms with Gasteiger partial charge in [0.05, 0.1) is 6.20 Å². The van der Waals surface area contributed by atoms with Crippen LogP contribution in [0.15, 0.2) is 29.3 Å². The predicted octanol–water partition coefficient (Wildman–Crippen LogP) is 2.75. The van der Waals surface area contributed by atoms with Crippen molar-refractivity contribution in [2.45, 2.75) is 19.6 Å². The molecule has 4 nitrogen and oxygen atoms in total. The number of aromatic nitrogens is 3. The van der Waals surface area contributed by atoms with E-state index in [0.717, 1.165) is 25.8 Å². The second-order valence-electron chi connectivity index (χ2n) is 3.51. The summed E-state index contributed by atoms with van der Waals surface area (Å²) in [6.07, 6.45) is 4.42. The Morgan fingerprint density at radius 1 is 1.47 bits per heavy atom. The van der Waals surface area contributed by atoms with Crippen molar-refractivity contribution in [3.63, 3.8) is 0 Å². The van der Waals surface area contributed by atoms with Gasteiger partial charge < -0.3 is 5.11 Å². The van der Waals surface area contributed by atoms with Crippen LogP contribution in [-0.2, 0) is 6.54 Å². The minimum absolute atomic E-state index is 0.681. The predicted molar refractivity (Wildman–Crippen MR) is 76.6 cm³/mol. The van der Waals surface area contributed by atoms with Crippen molar-refractivity contribution in [3.8, 4) is 0 Å². The van der Waals surface area contributed by atoms with Crippen molar-refractivity contribution < 1.29 is 5.11 Å². The molecule has 0 spiro atoms. The van der Waals surface area contributed by atoms with E-state index in [9.17, 15) is 5.11 Å². The van der Waals surface area contributed by atoms with Gasteiger partial charge in [0, 0.05) is 33.6 Å². The molecule has 0 amide bonds. The first kappa shape index (κ1) is 13.0. The number of hydrogen-bond acceptors (Lipinski definition) is 3. The number of hydrogen-bond donors (Lipinski definition) is 1. The summed E-state index contributed by atoms with van der Waals surface area (Å²) in [6.45, 7) is 2.77. The van der Waals surface area contributed by atoms with Crippen molar-refractivity contribution in [3.05, 3.63) is 44.0 Å². The summed E-state index contributed by atoms with van der Waals surface area (Å²) >= 11 is 5.62. The molecule has 1 unspecified atom stereocenters. The molecule has 0 fully saturated rings. The molecule has 17 heavy (non-hydrogen) atoms. The van der Waals surface area contributed by atoms with Crippen LogP contribution in [0.5, 0.6) is 0 Å². The smallest absolute Gasteiger partial charge is 0.110 e. The number of aliphatic hydroxyl groups is 1. The van der Waals surface area contributed by atoms with Crippen molar-refractivity contribution in [2.24, 2.45) is 0 Å². The number of rotatable bonds is 3. The maximum Gasteiger partial charge on any atom is 0.110 e. The topological polar surface area (TPSA) is 50.9 Å². The highest BCUT2D eigenvalue weighted by Crippen LogP contribution is 2.30. The summed E-state index contributed by atoms with van der Waals surface area (Å²) < 4.78 is 3.56. The van der Waals surface area contributed by atoms with Crippen molar-refractivity contribution in [1.29, 1.82) is 0 Å². The fraction of sp³-hybridized carbons (Fsp3) is 0.273. The molecule has 0 saturated carbocycles. The van der Waals surface area contributed by atoms with Gasteiger partial charge in [-0.15, -0.1) is 0 Å². The van der Waals surface area contributed by atoms with E-state index in [4.69, 9.17) is 0 Å². The molecule has 0 aromatic carbocycles. The lowest BCUT2D eigenvalue weighted by Crippen LogP contribution is -2.03. The van der Waals surface area contributed by atoms with Crippen molar-refractivity contribution in [1.82, 2.24) is 14.8 Å². The normalized spacial score (nSPS) is 12.7. The molecule has 0 aliphatic heterocycles. The van der Waals surface area contributed by atoms with Gasteiger partial charge in [0.2, 0.25) is 0 Å². The molecule has 2 rings (SSSR count). The Bertz CT molecular complexity index is 529. The average molecular weight is 408 g/mol. The Kier molecular flexibility index (Phi) is 4.16. The van der Waals surface area contributed by atoms with Crippen molar-refractivity contribution >= 4 is 38.5 Å². The van der Waals surface area contributed by atoms with E-state index in [1.54, 1.807) is 23.3 Å². The first-order valence-electron chi connectivity index (χ1n) is 5.13. The largest absolute Gasteiger partial charge is 0.383 e. The Hall–Kier alpha value is -0.470. The average Bonchev–Trinajstić information content (AvgIpc) is 2.70. The zero-order chi connectivity index (χ0) is 12.4. The number of halogens is 2. The first-order chi connectivity index (χ1) is 8.15. The van der Waals surface area contributed by atoms with Crippen LogP contribution in [-0.4, -0.2) is 19.9 Å². The highest BCUT2D eigenvalue weighted by atomic mass is 127. The highest BCUT2D eigenvalue weighted by molar-refractivity contribution is 14.1. The summed E-state index contributed by atoms with van der Waals surface area (Å²) in [6, 6.07) is 1.82. The molecule has 6 heteroatoms. The molecular formula is C11H11BrIN3O. The number of aryl methyl sites for hydroxylation is 1. The minimum Gasteiger partial charge on any atom is -0.383 e. The van der Waals surface area contributed by atoms with Crippen molar-refractivity contribution in [2.75, 3.05) is 0 Å². The van der Waals surface area contributed by atoms with E-state index < -0.39 is 6.10 Å². The van der Waals surface area contributed by atoms with Crippen LogP contribution in [0.2, 0.25) is 0 Å². The molecule has 2 aromatic heterocycles. The number of pyridine rings is 1. The van der Waals surface area contributed by atoms with E-state index in [2.05, 4.69) is 48.6 Å². The highest BCUT2D eigenvalue weighted by Gasteiger charge is 2.19. The second-order valence-corrected chi connectivity index (χ2v) is 5.42. The van der Waals surface area contributed by atoms with Crippen LogP contribution in [0.25, 0.3) is 0 Å². The van der Waals surface area contributed by atoms with Crippen LogP contribution >= 0.6 is 38.5 Å². The van der Waals surface area contributed by atoms with E-state index >= 15 is 0 Å².